The third-order valence-corrected chi connectivity index (χ3v) is 6.44. The molecule has 1 aliphatic heterocycles. The van der Waals surface area contributed by atoms with Crippen LogP contribution in [-0.4, -0.2) is 53.6 Å². The van der Waals surface area contributed by atoms with E-state index in [4.69, 9.17) is 14.2 Å². The second-order valence-electron chi connectivity index (χ2n) is 8.98. The molecule has 2 amide bonds. The first-order chi connectivity index (χ1) is 18.4. The van der Waals surface area contributed by atoms with Crippen molar-refractivity contribution in [1.82, 2.24) is 14.9 Å². The van der Waals surface area contributed by atoms with Gasteiger partial charge in [-0.05, 0) is 61.4 Å². The lowest BCUT2D eigenvalue weighted by Crippen LogP contribution is -2.39. The summed E-state index contributed by atoms with van der Waals surface area (Å²) < 4.78 is 16.7. The summed E-state index contributed by atoms with van der Waals surface area (Å²) in [4.78, 5) is 36.5. The molecule has 0 aliphatic carbocycles. The van der Waals surface area contributed by atoms with Crippen molar-refractivity contribution in [2.75, 3.05) is 26.1 Å². The number of aromatic nitrogens is 2. The van der Waals surface area contributed by atoms with Crippen LogP contribution < -0.4 is 19.5 Å². The van der Waals surface area contributed by atoms with Crippen molar-refractivity contribution in [3.05, 3.63) is 83.7 Å². The maximum Gasteiger partial charge on any atom is 0.275 e. The predicted octanol–water partition coefficient (Wildman–Crippen LogP) is 4.25. The predicted molar refractivity (Wildman–Crippen MR) is 143 cm³/mol. The highest BCUT2D eigenvalue weighted by Gasteiger charge is 2.28. The third-order valence-electron chi connectivity index (χ3n) is 6.44. The third kappa shape index (κ3) is 5.22. The minimum absolute atomic E-state index is 0.0984. The van der Waals surface area contributed by atoms with Gasteiger partial charge in [0.05, 0.1) is 31.4 Å². The van der Waals surface area contributed by atoms with E-state index in [1.165, 1.54) is 6.20 Å². The van der Waals surface area contributed by atoms with E-state index in [-0.39, 0.29) is 17.5 Å². The maximum absolute atomic E-state index is 13.1. The van der Waals surface area contributed by atoms with Crippen LogP contribution in [0, 0.1) is 0 Å². The Morgan fingerprint density at radius 3 is 2.63 bits per heavy atom. The monoisotopic (exact) mass is 512 g/mol. The van der Waals surface area contributed by atoms with E-state index in [1.54, 1.807) is 38.2 Å². The number of ether oxygens (including phenoxy) is 3. The van der Waals surface area contributed by atoms with Crippen molar-refractivity contribution in [2.45, 2.75) is 26.0 Å². The van der Waals surface area contributed by atoms with Gasteiger partial charge < -0.3 is 24.4 Å². The Kier molecular flexibility index (Phi) is 7.08. The molecule has 0 spiro atoms. The van der Waals surface area contributed by atoms with Gasteiger partial charge >= 0.3 is 0 Å². The summed E-state index contributed by atoms with van der Waals surface area (Å²) in [5, 5.41) is 2.89. The van der Waals surface area contributed by atoms with Gasteiger partial charge in [-0.25, -0.2) is 4.98 Å². The van der Waals surface area contributed by atoms with Crippen molar-refractivity contribution in [1.29, 1.82) is 0 Å². The molecule has 2 heterocycles. The highest BCUT2D eigenvalue weighted by atomic mass is 16.5. The zero-order valence-corrected chi connectivity index (χ0v) is 21.4. The molecule has 194 valence electrons. The molecule has 9 heteroatoms. The summed E-state index contributed by atoms with van der Waals surface area (Å²) in [5.41, 5.74) is 3.99. The van der Waals surface area contributed by atoms with Crippen LogP contribution in [0.5, 0.6) is 17.2 Å². The number of anilines is 1. The van der Waals surface area contributed by atoms with Gasteiger partial charge in [-0.2, -0.15) is 0 Å². The molecule has 1 N–H and O–H groups in total. The summed E-state index contributed by atoms with van der Waals surface area (Å²) >= 11 is 0. The highest BCUT2D eigenvalue weighted by Crippen LogP contribution is 2.30. The number of nitrogens with one attached hydrogen (secondary N) is 1. The second kappa shape index (κ2) is 10.8. The smallest absolute Gasteiger partial charge is 0.275 e. The highest BCUT2D eigenvalue weighted by molar-refractivity contribution is 6.03. The largest absolute Gasteiger partial charge is 0.493 e. The first-order valence-corrected chi connectivity index (χ1v) is 12.3. The lowest BCUT2D eigenvalue weighted by atomic mass is 10.1. The lowest BCUT2D eigenvalue weighted by Gasteiger charge is -2.22. The Hall–Kier alpha value is -4.66. The van der Waals surface area contributed by atoms with Crippen LogP contribution in [0.4, 0.5) is 5.69 Å². The van der Waals surface area contributed by atoms with Crippen LogP contribution in [0.3, 0.4) is 0 Å². The lowest BCUT2D eigenvalue weighted by molar-refractivity contribution is -0.137. The molecule has 1 atom stereocenters. The average Bonchev–Trinajstić information content (AvgIpc) is 3.06. The quantitative estimate of drug-likeness (QED) is 0.395. The molecule has 3 aromatic carbocycles. The molecule has 0 bridgehead atoms. The normalized spacial score (nSPS) is 14.9. The standard InChI is InChI=1S/C29H28N4O5/c1-18-29(35)33(13-12-19-8-10-26(36-2)27(14-19)37-3)17-20-15-21(9-11-25(20)38-18)31-28(34)24-16-30-22-6-4-5-7-23(22)32-24/h4-11,14-16,18H,12-13,17H2,1-3H3,(H,31,34)/t18-/m1/s1. The van der Waals surface area contributed by atoms with Crippen LogP contribution in [-0.2, 0) is 17.8 Å². The Labute approximate surface area is 220 Å². The number of hydrogen-bond donors (Lipinski definition) is 1. The zero-order valence-electron chi connectivity index (χ0n) is 21.4. The fraction of sp³-hybridized carbons (Fsp3) is 0.241. The molecular weight excluding hydrogens is 484 g/mol. The molecule has 9 nitrogen and oxygen atoms in total. The van der Waals surface area contributed by atoms with Crippen LogP contribution in [0.15, 0.2) is 66.9 Å². The first kappa shape index (κ1) is 25.0. The minimum atomic E-state index is -0.630. The van der Waals surface area contributed by atoms with E-state index >= 15 is 0 Å². The van der Waals surface area contributed by atoms with E-state index in [0.29, 0.717) is 48.0 Å². The Balaban J connectivity index is 1.32. The van der Waals surface area contributed by atoms with Crippen molar-refractivity contribution in [3.63, 3.8) is 0 Å². The van der Waals surface area contributed by atoms with Gasteiger partial charge in [0.25, 0.3) is 11.8 Å². The second-order valence-corrected chi connectivity index (χ2v) is 8.98. The van der Waals surface area contributed by atoms with E-state index in [9.17, 15) is 9.59 Å². The van der Waals surface area contributed by atoms with Gasteiger partial charge in [0.15, 0.2) is 17.6 Å². The van der Waals surface area contributed by atoms with E-state index in [2.05, 4.69) is 15.3 Å². The van der Waals surface area contributed by atoms with Crippen LogP contribution in [0.2, 0.25) is 0 Å². The number of para-hydroxylation sites is 2. The number of rotatable bonds is 7. The van der Waals surface area contributed by atoms with E-state index in [0.717, 1.165) is 16.6 Å². The number of carbonyl (C=O) groups is 2. The molecular formula is C29H28N4O5. The van der Waals surface area contributed by atoms with Crippen molar-refractivity contribution in [3.8, 4) is 17.2 Å². The summed E-state index contributed by atoms with van der Waals surface area (Å²) in [6, 6.07) is 18.5. The summed E-state index contributed by atoms with van der Waals surface area (Å²) in [6.07, 6.45) is 1.46. The van der Waals surface area contributed by atoms with Gasteiger partial charge in [0.1, 0.15) is 11.4 Å². The topological polar surface area (TPSA) is 103 Å². The van der Waals surface area contributed by atoms with Gasteiger partial charge in [0, 0.05) is 24.3 Å². The van der Waals surface area contributed by atoms with Crippen LogP contribution >= 0.6 is 0 Å². The molecule has 4 aromatic rings. The molecule has 0 saturated carbocycles. The summed E-state index contributed by atoms with van der Waals surface area (Å²) in [6.45, 7) is 2.59. The van der Waals surface area contributed by atoms with E-state index < -0.39 is 6.10 Å². The molecule has 38 heavy (non-hydrogen) atoms. The van der Waals surface area contributed by atoms with Crippen molar-refractivity contribution < 1.29 is 23.8 Å². The first-order valence-electron chi connectivity index (χ1n) is 12.3. The Morgan fingerprint density at radius 1 is 1.05 bits per heavy atom. The maximum atomic E-state index is 13.1. The number of amides is 2. The molecule has 0 radical (unpaired) electrons. The van der Waals surface area contributed by atoms with Crippen LogP contribution in [0.1, 0.15) is 28.5 Å². The Bertz CT molecular complexity index is 1510. The van der Waals surface area contributed by atoms with E-state index in [1.807, 2.05) is 48.5 Å². The number of carbonyl (C=O) groups excluding carboxylic acids is 2. The molecule has 0 saturated heterocycles. The number of fused-ring (bicyclic) bond motifs is 2. The number of benzene rings is 3. The zero-order chi connectivity index (χ0) is 26.6. The fourth-order valence-corrected chi connectivity index (χ4v) is 4.43. The molecule has 1 aromatic heterocycles. The van der Waals surface area contributed by atoms with Crippen molar-refractivity contribution >= 4 is 28.5 Å². The fourth-order valence-electron chi connectivity index (χ4n) is 4.43. The number of methoxy groups -OCH3 is 2. The minimum Gasteiger partial charge on any atom is -0.493 e. The average molecular weight is 513 g/mol. The summed E-state index contributed by atoms with van der Waals surface area (Å²) in [5.74, 6) is 1.45. The molecule has 0 fully saturated rings. The number of nitrogens with zero attached hydrogens (tertiary/aromatic N) is 3. The molecule has 5 rings (SSSR count). The molecule has 0 unspecified atom stereocenters. The Morgan fingerprint density at radius 2 is 1.84 bits per heavy atom. The summed E-state index contributed by atoms with van der Waals surface area (Å²) in [7, 11) is 3.19. The molecule has 1 aliphatic rings. The van der Waals surface area contributed by atoms with Gasteiger partial charge in [0.2, 0.25) is 0 Å². The van der Waals surface area contributed by atoms with Gasteiger partial charge in [-0.3, -0.25) is 14.6 Å². The van der Waals surface area contributed by atoms with Crippen molar-refractivity contribution in [2.24, 2.45) is 0 Å². The van der Waals surface area contributed by atoms with Crippen LogP contribution in [0.25, 0.3) is 11.0 Å². The SMILES string of the molecule is COc1ccc(CCN2Cc3cc(NC(=O)c4cnc5ccccc5n4)ccc3O[C@H](C)C2=O)cc1OC. The van der Waals surface area contributed by atoms with Gasteiger partial charge in [-0.15, -0.1) is 0 Å². The number of hydrogen-bond acceptors (Lipinski definition) is 7. The van der Waals surface area contributed by atoms with Gasteiger partial charge in [-0.1, -0.05) is 18.2 Å².